The summed E-state index contributed by atoms with van der Waals surface area (Å²) in [5.41, 5.74) is 1.18. The van der Waals surface area contributed by atoms with Crippen molar-refractivity contribution in [1.29, 1.82) is 0 Å². The van der Waals surface area contributed by atoms with Crippen molar-refractivity contribution in [3.63, 3.8) is 0 Å². The third kappa shape index (κ3) is 7.38. The molecular weight excluding hydrogens is 483 g/mol. The highest BCUT2D eigenvalue weighted by molar-refractivity contribution is 14.0. The monoisotopic (exact) mass is 508 g/mol. The number of hydrogen-bond donors (Lipinski definition) is 3. The van der Waals surface area contributed by atoms with E-state index in [1.807, 2.05) is 18.2 Å². The van der Waals surface area contributed by atoms with Crippen molar-refractivity contribution in [2.75, 3.05) is 13.6 Å². The molecule has 1 aliphatic carbocycles. The van der Waals surface area contributed by atoms with E-state index >= 15 is 0 Å². The third-order valence-corrected chi connectivity index (χ3v) is 4.49. The summed E-state index contributed by atoms with van der Waals surface area (Å²) in [4.78, 5) is 15.9. The molecule has 0 bridgehead atoms. The van der Waals surface area contributed by atoms with Crippen molar-refractivity contribution in [2.45, 2.75) is 44.7 Å². The van der Waals surface area contributed by atoms with Gasteiger partial charge in [0.1, 0.15) is 0 Å². The molecule has 1 aromatic carbocycles. The van der Waals surface area contributed by atoms with E-state index in [0.717, 1.165) is 36.2 Å². The van der Waals surface area contributed by atoms with Crippen LogP contribution in [0.4, 0.5) is 0 Å². The van der Waals surface area contributed by atoms with Gasteiger partial charge in [0, 0.05) is 30.5 Å². The topological polar surface area (TPSA) is 65.5 Å². The SMILES string of the molecule is CN=C(NCCCC(=O)NC1CC1)NC(C)c1ccccc1Br.I. The van der Waals surface area contributed by atoms with Crippen molar-refractivity contribution >= 4 is 51.8 Å². The molecule has 7 heteroatoms. The molecule has 2 rings (SSSR count). The number of benzene rings is 1. The first kappa shape index (κ1) is 21.2. The normalized spacial score (nSPS) is 15.2. The Morgan fingerprint density at radius 2 is 2.08 bits per heavy atom. The number of nitrogens with zero attached hydrogens (tertiary/aromatic N) is 1. The van der Waals surface area contributed by atoms with Crippen LogP contribution in [-0.4, -0.2) is 31.5 Å². The molecule has 134 valence electrons. The molecule has 1 atom stereocenters. The van der Waals surface area contributed by atoms with E-state index in [1.165, 1.54) is 5.56 Å². The minimum Gasteiger partial charge on any atom is -0.356 e. The summed E-state index contributed by atoms with van der Waals surface area (Å²) in [5, 5.41) is 9.62. The Hall–Kier alpha value is -0.830. The maximum Gasteiger partial charge on any atom is 0.220 e. The van der Waals surface area contributed by atoms with Gasteiger partial charge in [0.2, 0.25) is 5.91 Å². The summed E-state index contributed by atoms with van der Waals surface area (Å²) in [6.07, 6.45) is 3.61. The number of aliphatic imine (C=N–C) groups is 1. The first-order chi connectivity index (χ1) is 11.1. The lowest BCUT2D eigenvalue weighted by molar-refractivity contribution is -0.121. The molecule has 5 nitrogen and oxygen atoms in total. The number of guanidine groups is 1. The fraction of sp³-hybridized carbons (Fsp3) is 0.529. The summed E-state index contributed by atoms with van der Waals surface area (Å²) < 4.78 is 1.08. The van der Waals surface area contributed by atoms with Gasteiger partial charge in [-0.25, -0.2) is 0 Å². The van der Waals surface area contributed by atoms with Crippen LogP contribution < -0.4 is 16.0 Å². The van der Waals surface area contributed by atoms with Gasteiger partial charge in [0.25, 0.3) is 0 Å². The molecule has 1 unspecified atom stereocenters. The van der Waals surface area contributed by atoms with Crippen LogP contribution in [0.2, 0.25) is 0 Å². The van der Waals surface area contributed by atoms with Crippen molar-refractivity contribution in [3.05, 3.63) is 34.3 Å². The Morgan fingerprint density at radius 1 is 1.38 bits per heavy atom. The van der Waals surface area contributed by atoms with Crippen LogP contribution in [0.15, 0.2) is 33.7 Å². The van der Waals surface area contributed by atoms with Crippen LogP contribution in [-0.2, 0) is 4.79 Å². The molecule has 0 spiro atoms. The van der Waals surface area contributed by atoms with E-state index in [4.69, 9.17) is 0 Å². The molecule has 3 N–H and O–H groups in total. The highest BCUT2D eigenvalue weighted by Gasteiger charge is 2.22. The van der Waals surface area contributed by atoms with Gasteiger partial charge in [0.05, 0.1) is 6.04 Å². The van der Waals surface area contributed by atoms with Gasteiger partial charge in [-0.2, -0.15) is 0 Å². The summed E-state index contributed by atoms with van der Waals surface area (Å²) >= 11 is 3.57. The van der Waals surface area contributed by atoms with Crippen LogP contribution in [0.25, 0.3) is 0 Å². The first-order valence-corrected chi connectivity index (χ1v) is 8.90. The van der Waals surface area contributed by atoms with Gasteiger partial charge in [-0.15, -0.1) is 24.0 Å². The fourth-order valence-corrected chi connectivity index (χ4v) is 2.92. The molecule has 24 heavy (non-hydrogen) atoms. The molecule has 0 aliphatic heterocycles. The number of carbonyl (C=O) groups is 1. The summed E-state index contributed by atoms with van der Waals surface area (Å²) in [6.45, 7) is 2.82. The van der Waals surface area contributed by atoms with Gasteiger partial charge >= 0.3 is 0 Å². The standard InChI is InChI=1S/C17H25BrN4O.HI/c1-12(14-6-3-4-7-15(14)18)21-17(19-2)20-11-5-8-16(23)22-13-9-10-13;/h3-4,6-7,12-13H,5,8-11H2,1-2H3,(H,22,23)(H2,19,20,21);1H. The lowest BCUT2D eigenvalue weighted by atomic mass is 10.1. The number of hydrogen-bond acceptors (Lipinski definition) is 2. The predicted octanol–water partition coefficient (Wildman–Crippen LogP) is 3.35. The van der Waals surface area contributed by atoms with E-state index in [2.05, 4.69) is 49.9 Å². The molecule has 0 radical (unpaired) electrons. The second-order valence-electron chi connectivity index (χ2n) is 5.83. The van der Waals surface area contributed by atoms with Crippen molar-refractivity contribution < 1.29 is 4.79 Å². The van der Waals surface area contributed by atoms with Crippen LogP contribution >= 0.6 is 39.9 Å². The van der Waals surface area contributed by atoms with Gasteiger partial charge < -0.3 is 16.0 Å². The highest BCUT2D eigenvalue weighted by atomic mass is 127. The van der Waals surface area contributed by atoms with Crippen molar-refractivity contribution in [2.24, 2.45) is 4.99 Å². The minimum absolute atomic E-state index is 0. The van der Waals surface area contributed by atoms with Crippen LogP contribution in [0, 0.1) is 0 Å². The number of rotatable bonds is 7. The van der Waals surface area contributed by atoms with Crippen molar-refractivity contribution in [1.82, 2.24) is 16.0 Å². The van der Waals surface area contributed by atoms with Crippen LogP contribution in [0.5, 0.6) is 0 Å². The summed E-state index contributed by atoms with van der Waals surface area (Å²) in [7, 11) is 1.75. The first-order valence-electron chi connectivity index (χ1n) is 8.11. The number of carbonyl (C=O) groups excluding carboxylic acids is 1. The van der Waals surface area contributed by atoms with E-state index in [1.54, 1.807) is 7.05 Å². The van der Waals surface area contributed by atoms with E-state index in [0.29, 0.717) is 12.5 Å². The molecule has 1 aliphatic rings. The molecular formula is C17H26BrIN4O. The Kier molecular flexibility index (Phi) is 9.65. The predicted molar refractivity (Wildman–Crippen MR) is 113 cm³/mol. The zero-order chi connectivity index (χ0) is 16.7. The molecule has 1 saturated carbocycles. The number of nitrogens with one attached hydrogen (secondary N) is 3. The molecule has 1 fully saturated rings. The summed E-state index contributed by atoms with van der Waals surface area (Å²) in [5.74, 6) is 0.898. The lowest BCUT2D eigenvalue weighted by Crippen LogP contribution is -2.39. The van der Waals surface area contributed by atoms with Crippen LogP contribution in [0.3, 0.4) is 0 Å². The second kappa shape index (κ2) is 10.9. The Bertz CT molecular complexity index is 563. The lowest BCUT2D eigenvalue weighted by Gasteiger charge is -2.19. The zero-order valence-corrected chi connectivity index (χ0v) is 18.1. The number of amides is 1. The quantitative estimate of drug-likeness (QED) is 0.229. The highest BCUT2D eigenvalue weighted by Crippen LogP contribution is 2.22. The molecule has 0 saturated heterocycles. The van der Waals surface area contributed by atoms with E-state index in [-0.39, 0.29) is 35.9 Å². The summed E-state index contributed by atoms with van der Waals surface area (Å²) in [6, 6.07) is 8.71. The Morgan fingerprint density at radius 3 is 2.71 bits per heavy atom. The van der Waals surface area contributed by atoms with Gasteiger partial charge in [-0.3, -0.25) is 9.79 Å². The maximum atomic E-state index is 11.6. The second-order valence-corrected chi connectivity index (χ2v) is 6.69. The van der Waals surface area contributed by atoms with E-state index in [9.17, 15) is 4.79 Å². The van der Waals surface area contributed by atoms with Crippen molar-refractivity contribution in [3.8, 4) is 0 Å². The molecule has 1 amide bonds. The van der Waals surface area contributed by atoms with Gasteiger partial charge in [-0.05, 0) is 37.8 Å². The zero-order valence-electron chi connectivity index (χ0n) is 14.1. The number of halogens is 2. The molecule has 0 aromatic heterocycles. The Labute approximate surface area is 169 Å². The van der Waals surface area contributed by atoms with E-state index < -0.39 is 0 Å². The fourth-order valence-electron chi connectivity index (χ4n) is 2.29. The molecule has 1 aromatic rings. The maximum absolute atomic E-state index is 11.6. The Balaban J connectivity index is 0.00000288. The van der Waals surface area contributed by atoms with Gasteiger partial charge in [0.15, 0.2) is 5.96 Å². The molecule has 0 heterocycles. The minimum atomic E-state index is 0. The van der Waals surface area contributed by atoms with Crippen LogP contribution in [0.1, 0.15) is 44.2 Å². The van der Waals surface area contributed by atoms with Gasteiger partial charge in [-0.1, -0.05) is 34.1 Å². The largest absolute Gasteiger partial charge is 0.356 e. The average molecular weight is 509 g/mol. The third-order valence-electron chi connectivity index (χ3n) is 3.76. The average Bonchev–Trinajstić information content (AvgIpc) is 3.34. The smallest absolute Gasteiger partial charge is 0.220 e.